The summed E-state index contributed by atoms with van der Waals surface area (Å²) in [6.45, 7) is -0.550. The van der Waals surface area contributed by atoms with E-state index >= 15 is 0 Å². The molecule has 1 aliphatic carbocycles. The summed E-state index contributed by atoms with van der Waals surface area (Å²) in [7, 11) is -3.89. The molecule has 1 aromatic carbocycles. The minimum atomic E-state index is -3.89. The van der Waals surface area contributed by atoms with Gasteiger partial charge in [0.2, 0.25) is 15.9 Å². The van der Waals surface area contributed by atoms with Crippen LogP contribution in [-0.2, 0) is 20.6 Å². The van der Waals surface area contributed by atoms with Crippen LogP contribution >= 0.6 is 0 Å². The molecule has 27 heavy (non-hydrogen) atoms. The van der Waals surface area contributed by atoms with Crippen molar-refractivity contribution in [1.82, 2.24) is 14.1 Å². The van der Waals surface area contributed by atoms with E-state index in [1.807, 2.05) is 0 Å². The minimum absolute atomic E-state index is 0.238. The van der Waals surface area contributed by atoms with Crippen LogP contribution in [0.15, 0.2) is 36.5 Å². The van der Waals surface area contributed by atoms with Crippen LogP contribution in [0, 0.1) is 0 Å². The van der Waals surface area contributed by atoms with Crippen LogP contribution in [-0.4, -0.2) is 40.9 Å². The monoisotopic (exact) mass is 388 g/mol. The lowest BCUT2D eigenvalue weighted by Gasteiger charge is -2.27. The van der Waals surface area contributed by atoms with Crippen LogP contribution in [0.25, 0.3) is 0 Å². The average Bonchev–Trinajstić information content (AvgIpc) is 3.29. The first-order valence-electron chi connectivity index (χ1n) is 8.92. The normalized spacial score (nSPS) is 19.1. The van der Waals surface area contributed by atoms with Gasteiger partial charge in [-0.3, -0.25) is 9.59 Å². The zero-order valence-electron chi connectivity index (χ0n) is 14.7. The van der Waals surface area contributed by atoms with E-state index in [0.717, 1.165) is 25.7 Å². The van der Waals surface area contributed by atoms with Gasteiger partial charge in [0.25, 0.3) is 5.91 Å². The van der Waals surface area contributed by atoms with Gasteiger partial charge < -0.3 is 5.32 Å². The molecule has 0 unspecified atom stereocenters. The summed E-state index contributed by atoms with van der Waals surface area (Å²) in [6.07, 6.45) is 5.85. The number of nitrogens with one attached hydrogen (secondary N) is 1. The fourth-order valence-electron chi connectivity index (χ4n) is 3.73. The van der Waals surface area contributed by atoms with E-state index in [-0.39, 0.29) is 11.8 Å². The van der Waals surface area contributed by atoms with E-state index in [4.69, 9.17) is 0 Å². The van der Waals surface area contributed by atoms with Crippen LogP contribution in [0.2, 0.25) is 0 Å². The third kappa shape index (κ3) is 3.34. The van der Waals surface area contributed by atoms with Gasteiger partial charge in [0.15, 0.2) is 0 Å². The highest BCUT2D eigenvalue weighted by Crippen LogP contribution is 2.31. The quantitative estimate of drug-likeness (QED) is 0.862. The maximum absolute atomic E-state index is 12.6. The molecular formula is C18H20N4O4S. The number of hydrogen-bond acceptors (Lipinski definition) is 5. The van der Waals surface area contributed by atoms with Crippen LogP contribution < -0.4 is 5.32 Å². The fourth-order valence-corrected chi connectivity index (χ4v) is 5.19. The number of anilines is 1. The summed E-state index contributed by atoms with van der Waals surface area (Å²) in [5, 5.41) is 6.97. The topological polar surface area (TPSA) is 101 Å². The Kier molecular flexibility index (Phi) is 4.47. The molecule has 142 valence electrons. The van der Waals surface area contributed by atoms with E-state index in [1.54, 1.807) is 41.2 Å². The molecule has 2 heterocycles. The van der Waals surface area contributed by atoms with Crippen LogP contribution in [0.1, 0.15) is 47.6 Å². The number of fused-ring (bicyclic) bond motifs is 1. The van der Waals surface area contributed by atoms with Crippen molar-refractivity contribution < 1.29 is 18.0 Å². The summed E-state index contributed by atoms with van der Waals surface area (Å²) < 4.78 is 27.4. The van der Waals surface area contributed by atoms with Crippen molar-refractivity contribution in [2.24, 2.45) is 0 Å². The Morgan fingerprint density at radius 2 is 1.93 bits per heavy atom. The van der Waals surface area contributed by atoms with Crippen molar-refractivity contribution in [3.8, 4) is 0 Å². The van der Waals surface area contributed by atoms with Gasteiger partial charge in [-0.2, -0.15) is 5.10 Å². The number of amides is 2. The highest BCUT2D eigenvalue weighted by molar-refractivity contribution is 7.89. The van der Waals surface area contributed by atoms with E-state index in [2.05, 4.69) is 10.4 Å². The second-order valence-corrected chi connectivity index (χ2v) is 8.77. The first kappa shape index (κ1) is 17.7. The third-order valence-electron chi connectivity index (χ3n) is 5.04. The van der Waals surface area contributed by atoms with E-state index < -0.39 is 28.4 Å². The Labute approximate surface area is 157 Å². The van der Waals surface area contributed by atoms with Gasteiger partial charge in [-0.05, 0) is 24.5 Å². The lowest BCUT2D eigenvalue weighted by Crippen LogP contribution is -2.46. The van der Waals surface area contributed by atoms with Crippen molar-refractivity contribution in [3.63, 3.8) is 0 Å². The van der Waals surface area contributed by atoms with Crippen molar-refractivity contribution in [2.75, 3.05) is 11.9 Å². The highest BCUT2D eigenvalue weighted by Gasteiger charge is 2.37. The predicted octanol–water partition coefficient (Wildman–Crippen LogP) is 1.92. The Morgan fingerprint density at radius 3 is 2.70 bits per heavy atom. The molecule has 0 saturated heterocycles. The molecule has 1 aliphatic heterocycles. The molecule has 1 saturated carbocycles. The molecule has 0 bridgehead atoms. The summed E-state index contributed by atoms with van der Waals surface area (Å²) in [4.78, 5) is 25.1. The fraction of sp³-hybridized carbons (Fsp3) is 0.389. The van der Waals surface area contributed by atoms with Crippen LogP contribution in [0.4, 0.5) is 5.82 Å². The minimum Gasteiger partial charge on any atom is -0.309 e. The van der Waals surface area contributed by atoms with Crippen molar-refractivity contribution in [2.45, 2.75) is 37.5 Å². The number of aromatic nitrogens is 2. The highest BCUT2D eigenvalue weighted by atomic mass is 32.2. The Balaban J connectivity index is 1.52. The van der Waals surface area contributed by atoms with Crippen LogP contribution in [0.5, 0.6) is 0 Å². The summed E-state index contributed by atoms with van der Waals surface area (Å²) in [5.74, 6) is -1.00. The van der Waals surface area contributed by atoms with Gasteiger partial charge in [0.05, 0.1) is 18.0 Å². The third-order valence-corrected chi connectivity index (χ3v) is 6.69. The molecule has 2 amide bonds. The number of benzene rings is 1. The van der Waals surface area contributed by atoms with Crippen molar-refractivity contribution >= 4 is 27.7 Å². The molecule has 1 fully saturated rings. The molecule has 2 aromatic rings. The number of rotatable bonds is 4. The number of sulfonamides is 1. The number of nitrogens with zero attached hydrogens (tertiary/aromatic N) is 3. The first-order chi connectivity index (χ1) is 13.0. The molecule has 2 aliphatic rings. The Bertz CT molecular complexity index is 992. The smallest absolute Gasteiger partial charge is 0.268 e. The Hall–Kier alpha value is -2.68. The van der Waals surface area contributed by atoms with Gasteiger partial charge in [0.1, 0.15) is 12.4 Å². The number of carbonyl (C=O) groups excluding carboxylic acids is 2. The molecule has 9 heteroatoms. The van der Waals surface area contributed by atoms with E-state index in [9.17, 15) is 18.0 Å². The molecule has 4 rings (SSSR count). The summed E-state index contributed by atoms with van der Waals surface area (Å²) in [5.41, 5.74) is 0.773. The van der Waals surface area contributed by atoms with Crippen molar-refractivity contribution in [1.29, 1.82) is 0 Å². The van der Waals surface area contributed by atoms with E-state index in [0.29, 0.717) is 21.2 Å². The zero-order valence-corrected chi connectivity index (χ0v) is 15.5. The largest absolute Gasteiger partial charge is 0.309 e. The van der Waals surface area contributed by atoms with E-state index in [1.165, 1.54) is 0 Å². The zero-order chi connectivity index (χ0) is 19.0. The van der Waals surface area contributed by atoms with Crippen LogP contribution in [0.3, 0.4) is 0 Å². The number of carbonyl (C=O) groups is 2. The van der Waals surface area contributed by atoms with Gasteiger partial charge in [-0.25, -0.2) is 17.4 Å². The number of hydrogen-bond donors (Lipinski definition) is 1. The molecule has 0 atom stereocenters. The predicted molar refractivity (Wildman–Crippen MR) is 98.5 cm³/mol. The van der Waals surface area contributed by atoms with Gasteiger partial charge in [-0.1, -0.05) is 31.0 Å². The maximum atomic E-state index is 12.6. The molecule has 0 radical (unpaired) electrons. The average molecular weight is 388 g/mol. The lowest BCUT2D eigenvalue weighted by molar-refractivity contribution is -0.116. The molecule has 1 aromatic heterocycles. The molecule has 8 nitrogen and oxygen atoms in total. The SMILES string of the molecule is O=C(CN1C(=O)c2ccccc2CS1(=O)=O)Nc1ccnn1C1CCCC1. The second-order valence-electron chi connectivity index (χ2n) is 6.87. The van der Waals surface area contributed by atoms with Crippen molar-refractivity contribution in [3.05, 3.63) is 47.7 Å². The van der Waals surface area contributed by atoms with Gasteiger partial charge >= 0.3 is 0 Å². The standard InChI is InChI=1S/C18H20N4O4S/c23-17(20-16-9-10-19-22(16)14-6-2-3-7-14)11-21-18(24)15-8-4-1-5-13(15)12-27(21,25)26/h1,4-5,8-10,14H,2-3,6-7,11-12H2,(H,20,23). The second kappa shape index (κ2) is 6.80. The summed E-state index contributed by atoms with van der Waals surface area (Å²) >= 11 is 0. The lowest BCUT2D eigenvalue weighted by atomic mass is 10.1. The van der Waals surface area contributed by atoms with Gasteiger partial charge in [-0.15, -0.1) is 0 Å². The molecular weight excluding hydrogens is 368 g/mol. The van der Waals surface area contributed by atoms with Gasteiger partial charge in [0, 0.05) is 11.6 Å². The maximum Gasteiger partial charge on any atom is 0.268 e. The molecule has 1 N–H and O–H groups in total. The molecule has 0 spiro atoms. The summed E-state index contributed by atoms with van der Waals surface area (Å²) in [6, 6.07) is 8.47. The Morgan fingerprint density at radius 1 is 1.19 bits per heavy atom. The first-order valence-corrected chi connectivity index (χ1v) is 10.5.